The largest absolute Gasteiger partial charge is 0.495 e. The Hall–Kier alpha value is -3.03. The van der Waals surface area contributed by atoms with E-state index in [1.165, 1.54) is 12.5 Å². The van der Waals surface area contributed by atoms with E-state index in [1.807, 2.05) is 18.2 Å². The fourth-order valence-corrected chi connectivity index (χ4v) is 5.62. The number of aromatic nitrogens is 2. The number of methoxy groups -OCH3 is 2. The van der Waals surface area contributed by atoms with Gasteiger partial charge in [-0.3, -0.25) is 4.79 Å². The van der Waals surface area contributed by atoms with E-state index in [4.69, 9.17) is 37.7 Å². The highest BCUT2D eigenvalue weighted by Crippen LogP contribution is 2.52. The Morgan fingerprint density at radius 3 is 2.56 bits per heavy atom. The van der Waals surface area contributed by atoms with E-state index in [0.717, 1.165) is 22.9 Å². The van der Waals surface area contributed by atoms with E-state index in [2.05, 4.69) is 22.2 Å². The minimum atomic E-state index is -0.156. The minimum absolute atomic E-state index is 0.0447. The summed E-state index contributed by atoms with van der Waals surface area (Å²) in [5, 5.41) is 8.13. The van der Waals surface area contributed by atoms with Gasteiger partial charge in [-0.15, -0.1) is 0 Å². The van der Waals surface area contributed by atoms with Gasteiger partial charge in [-0.1, -0.05) is 35.8 Å². The second kappa shape index (κ2) is 8.96. The molecule has 5 rings (SSSR count). The number of rotatable bonds is 7. The number of nitrogens with one attached hydrogen (secondary N) is 2. The Morgan fingerprint density at radius 1 is 1.15 bits per heavy atom. The van der Waals surface area contributed by atoms with Crippen molar-refractivity contribution in [3.63, 3.8) is 0 Å². The van der Waals surface area contributed by atoms with Gasteiger partial charge in [0.25, 0.3) is 0 Å². The maximum Gasteiger partial charge on any atom is 0.243 e. The highest BCUT2D eigenvalue weighted by Gasteiger charge is 2.54. The number of amides is 1. The monoisotopic (exact) mass is 498 g/mol. The number of nitrogens with zero attached hydrogens (tertiary/aromatic N) is 2. The van der Waals surface area contributed by atoms with Crippen molar-refractivity contribution < 1.29 is 14.3 Å². The van der Waals surface area contributed by atoms with Crippen molar-refractivity contribution in [3.8, 4) is 22.6 Å². The Morgan fingerprint density at radius 2 is 1.88 bits per heavy atom. The summed E-state index contributed by atoms with van der Waals surface area (Å²) in [5.74, 6) is 2.50. The molecule has 2 aliphatic rings. The Labute approximate surface area is 207 Å². The van der Waals surface area contributed by atoms with Gasteiger partial charge in [0.15, 0.2) is 0 Å². The summed E-state index contributed by atoms with van der Waals surface area (Å²) in [5.41, 5.74) is 2.20. The molecule has 4 atom stereocenters. The summed E-state index contributed by atoms with van der Waals surface area (Å²) in [7, 11) is 3.09. The highest BCUT2D eigenvalue weighted by atomic mass is 35.5. The average Bonchev–Trinajstić information content (AvgIpc) is 3.53. The molecule has 2 saturated carbocycles. The molecule has 1 aromatic heterocycles. The fraction of sp³-hybridized carbons (Fsp3) is 0.320. The molecule has 2 aromatic carbocycles. The molecular weight excluding hydrogens is 475 g/mol. The molecule has 0 saturated heterocycles. The first-order chi connectivity index (χ1) is 16.4. The zero-order valence-electron chi connectivity index (χ0n) is 18.8. The topological polar surface area (TPSA) is 85.4 Å². The Bertz CT molecular complexity index is 1270. The average molecular weight is 499 g/mol. The molecule has 9 heteroatoms. The lowest BCUT2D eigenvalue weighted by Gasteiger charge is -2.24. The van der Waals surface area contributed by atoms with Crippen LogP contribution in [0, 0.1) is 11.8 Å². The van der Waals surface area contributed by atoms with Crippen LogP contribution in [0.2, 0.25) is 10.0 Å². The highest BCUT2D eigenvalue weighted by molar-refractivity contribution is 6.41. The zero-order valence-corrected chi connectivity index (χ0v) is 20.3. The van der Waals surface area contributed by atoms with Crippen molar-refractivity contribution in [1.29, 1.82) is 0 Å². The second-order valence-corrected chi connectivity index (χ2v) is 9.39. The third-order valence-corrected chi connectivity index (χ3v) is 7.43. The van der Waals surface area contributed by atoms with Crippen molar-refractivity contribution in [3.05, 3.63) is 53.2 Å². The van der Waals surface area contributed by atoms with Crippen LogP contribution in [0.25, 0.3) is 22.0 Å². The fourth-order valence-electron chi connectivity index (χ4n) is 4.90. The van der Waals surface area contributed by atoms with Crippen molar-refractivity contribution in [1.82, 2.24) is 15.3 Å². The molecular formula is C25H24Cl2N4O3. The molecule has 0 unspecified atom stereocenters. The second-order valence-electron chi connectivity index (χ2n) is 8.64. The third kappa shape index (κ3) is 4.03. The van der Waals surface area contributed by atoms with E-state index in [0.29, 0.717) is 44.9 Å². The van der Waals surface area contributed by atoms with Crippen LogP contribution >= 0.6 is 23.2 Å². The number of anilines is 1. The van der Waals surface area contributed by atoms with E-state index in [9.17, 15) is 4.79 Å². The molecule has 2 N–H and O–H groups in total. The molecule has 2 aliphatic carbocycles. The number of halogens is 2. The number of benzene rings is 2. The normalized spacial score (nSPS) is 22.7. The molecule has 7 nitrogen and oxygen atoms in total. The predicted octanol–water partition coefficient (Wildman–Crippen LogP) is 5.11. The smallest absolute Gasteiger partial charge is 0.243 e. The quantitative estimate of drug-likeness (QED) is 0.440. The van der Waals surface area contributed by atoms with Gasteiger partial charge in [-0.05, 0) is 48.4 Å². The van der Waals surface area contributed by atoms with E-state index >= 15 is 0 Å². The number of hydrogen-bond donors (Lipinski definition) is 2. The van der Waals surface area contributed by atoms with Gasteiger partial charge in [0, 0.05) is 29.3 Å². The predicted molar refractivity (Wildman–Crippen MR) is 134 cm³/mol. The SMILES string of the molecule is C=CC(=O)N[C@H]1C[C@H]2C[C@@H]2[C@@H]1Nc1ncc2cc(-c3c(Cl)c(OC)cc(OC)c3Cl)ccc2n1. The van der Waals surface area contributed by atoms with Gasteiger partial charge >= 0.3 is 0 Å². The minimum Gasteiger partial charge on any atom is -0.495 e. The lowest BCUT2D eigenvalue weighted by molar-refractivity contribution is -0.117. The van der Waals surface area contributed by atoms with Gasteiger partial charge in [-0.25, -0.2) is 9.97 Å². The van der Waals surface area contributed by atoms with Gasteiger partial charge in [-0.2, -0.15) is 0 Å². The van der Waals surface area contributed by atoms with Crippen molar-refractivity contribution >= 4 is 46.0 Å². The van der Waals surface area contributed by atoms with Crippen LogP contribution in [-0.2, 0) is 4.79 Å². The molecule has 176 valence electrons. The van der Waals surface area contributed by atoms with Crippen LogP contribution in [0.4, 0.5) is 5.95 Å². The van der Waals surface area contributed by atoms with Gasteiger partial charge in [0.05, 0.1) is 35.8 Å². The van der Waals surface area contributed by atoms with E-state index < -0.39 is 0 Å². The number of carbonyl (C=O) groups excluding carboxylic acids is 1. The lowest BCUT2D eigenvalue weighted by Crippen LogP contribution is -2.45. The number of hydrogen-bond acceptors (Lipinski definition) is 6. The van der Waals surface area contributed by atoms with Crippen LogP contribution < -0.4 is 20.1 Å². The summed E-state index contributed by atoms with van der Waals surface area (Å²) in [6.45, 7) is 3.55. The van der Waals surface area contributed by atoms with Crippen LogP contribution in [0.15, 0.2) is 43.1 Å². The molecule has 1 heterocycles. The van der Waals surface area contributed by atoms with Gasteiger partial charge < -0.3 is 20.1 Å². The molecule has 0 bridgehead atoms. The summed E-state index contributed by atoms with van der Waals surface area (Å²) in [6.07, 6.45) is 5.20. The van der Waals surface area contributed by atoms with Gasteiger partial charge in [0.2, 0.25) is 11.9 Å². The van der Waals surface area contributed by atoms with Gasteiger partial charge in [0.1, 0.15) is 11.5 Å². The maximum atomic E-state index is 11.8. The maximum absolute atomic E-state index is 11.8. The van der Waals surface area contributed by atoms with E-state index in [1.54, 1.807) is 26.5 Å². The van der Waals surface area contributed by atoms with Crippen LogP contribution in [0.3, 0.4) is 0 Å². The summed E-state index contributed by atoms with van der Waals surface area (Å²) in [4.78, 5) is 21.1. The Balaban J connectivity index is 1.44. The Kier molecular flexibility index (Phi) is 6.00. The molecule has 0 radical (unpaired) electrons. The lowest BCUT2D eigenvalue weighted by atomic mass is 10.0. The van der Waals surface area contributed by atoms with Crippen molar-refractivity contribution in [2.75, 3.05) is 19.5 Å². The zero-order chi connectivity index (χ0) is 24.0. The number of fused-ring (bicyclic) bond motifs is 2. The van der Waals surface area contributed by atoms with Crippen molar-refractivity contribution in [2.45, 2.75) is 24.9 Å². The number of ether oxygens (including phenoxy) is 2. The first-order valence-electron chi connectivity index (χ1n) is 11.0. The summed E-state index contributed by atoms with van der Waals surface area (Å²) >= 11 is 13.2. The van der Waals surface area contributed by atoms with E-state index in [-0.39, 0.29) is 18.0 Å². The van der Waals surface area contributed by atoms with Crippen LogP contribution in [-0.4, -0.2) is 42.2 Å². The third-order valence-electron chi connectivity index (χ3n) is 6.68. The van der Waals surface area contributed by atoms with Crippen LogP contribution in [0.5, 0.6) is 11.5 Å². The summed E-state index contributed by atoms with van der Waals surface area (Å²) in [6, 6.07) is 7.56. The number of carbonyl (C=O) groups is 1. The molecule has 2 fully saturated rings. The summed E-state index contributed by atoms with van der Waals surface area (Å²) < 4.78 is 10.8. The van der Waals surface area contributed by atoms with Crippen LogP contribution in [0.1, 0.15) is 12.8 Å². The molecule has 1 amide bonds. The molecule has 0 aliphatic heterocycles. The molecule has 3 aromatic rings. The first-order valence-corrected chi connectivity index (χ1v) is 11.8. The molecule has 34 heavy (non-hydrogen) atoms. The first kappa shape index (κ1) is 22.7. The standard InChI is InChI=1S/C25H24Cl2N4O3/c1-4-20(32)29-17-9-13-8-15(13)24(17)31-25-28-11-14-7-12(5-6-16(14)30-25)21-22(26)18(33-2)10-19(34-3)23(21)27/h4-7,10-11,13,15,17,24H,1,8-9H2,2-3H3,(H,29,32)(H,28,30,31)/t13-,15+,17+,24+/m1/s1. The molecule has 0 spiro atoms. The van der Waals surface area contributed by atoms with Crippen molar-refractivity contribution in [2.24, 2.45) is 11.8 Å².